The van der Waals surface area contributed by atoms with Crippen LogP contribution in [0.4, 0.5) is 13.9 Å². The number of halogens is 2. The van der Waals surface area contributed by atoms with Crippen LogP contribution < -0.4 is 19.5 Å². The van der Waals surface area contributed by atoms with E-state index in [-0.39, 0.29) is 18.1 Å². The number of anilines is 1. The molecule has 0 radical (unpaired) electrons. The molecule has 2 aromatic carbocycles. The summed E-state index contributed by atoms with van der Waals surface area (Å²) in [4.78, 5) is 16.7. The predicted octanol–water partition coefficient (Wildman–Crippen LogP) is 5.00. The van der Waals surface area contributed by atoms with Crippen molar-refractivity contribution in [2.75, 3.05) is 19.5 Å². The summed E-state index contributed by atoms with van der Waals surface area (Å²) in [6.07, 6.45) is 0.666. The summed E-state index contributed by atoms with van der Waals surface area (Å²) < 4.78 is 40.4. The molecule has 0 unspecified atom stereocenters. The lowest BCUT2D eigenvalue weighted by atomic mass is 10.1. The zero-order valence-corrected chi connectivity index (χ0v) is 17.2. The van der Waals surface area contributed by atoms with Crippen LogP contribution in [0.5, 0.6) is 17.2 Å². The number of thiazole rings is 1. The third-order valence-corrected chi connectivity index (χ3v) is 4.99. The van der Waals surface area contributed by atoms with E-state index >= 15 is 0 Å². The highest BCUT2D eigenvalue weighted by atomic mass is 32.1. The smallest absolute Gasteiger partial charge is 0.387 e. The molecule has 0 aliphatic rings. The van der Waals surface area contributed by atoms with E-state index in [9.17, 15) is 13.6 Å². The summed E-state index contributed by atoms with van der Waals surface area (Å²) in [5.41, 5.74) is 1.72. The largest absolute Gasteiger partial charge is 0.493 e. The highest BCUT2D eigenvalue weighted by Crippen LogP contribution is 2.34. The number of aromatic nitrogens is 1. The number of hydrogen-bond acceptors (Lipinski definition) is 6. The maximum Gasteiger partial charge on any atom is 0.387 e. The van der Waals surface area contributed by atoms with Crippen LogP contribution in [0.25, 0.3) is 11.3 Å². The van der Waals surface area contributed by atoms with Gasteiger partial charge in [-0.2, -0.15) is 8.78 Å². The average molecular weight is 434 g/mol. The van der Waals surface area contributed by atoms with Crippen LogP contribution in [0.1, 0.15) is 12.0 Å². The molecule has 1 N–H and O–H groups in total. The van der Waals surface area contributed by atoms with Crippen molar-refractivity contribution >= 4 is 22.4 Å². The third kappa shape index (κ3) is 5.24. The second-order valence-corrected chi connectivity index (χ2v) is 6.97. The number of benzene rings is 2. The molecule has 30 heavy (non-hydrogen) atoms. The first kappa shape index (κ1) is 21.5. The Labute approximate surface area is 176 Å². The Balaban J connectivity index is 1.65. The van der Waals surface area contributed by atoms with Gasteiger partial charge in [-0.25, -0.2) is 4.98 Å². The molecule has 1 amide bonds. The van der Waals surface area contributed by atoms with Crippen LogP contribution in [-0.4, -0.2) is 31.7 Å². The van der Waals surface area contributed by atoms with Gasteiger partial charge < -0.3 is 19.5 Å². The molecule has 0 fully saturated rings. The number of alkyl halides is 2. The number of carbonyl (C=O) groups excluding carboxylic acids is 1. The lowest BCUT2D eigenvalue weighted by molar-refractivity contribution is -0.116. The van der Waals surface area contributed by atoms with Gasteiger partial charge in [-0.3, -0.25) is 4.79 Å². The molecule has 3 aromatic rings. The molecular weight excluding hydrogens is 414 g/mol. The highest BCUT2D eigenvalue weighted by molar-refractivity contribution is 7.14. The maximum atomic E-state index is 12.6. The lowest BCUT2D eigenvalue weighted by Gasteiger charge is -2.12. The van der Waals surface area contributed by atoms with Gasteiger partial charge >= 0.3 is 6.61 Å². The van der Waals surface area contributed by atoms with Gasteiger partial charge in [-0.15, -0.1) is 11.3 Å². The van der Waals surface area contributed by atoms with Crippen LogP contribution in [-0.2, 0) is 11.2 Å². The van der Waals surface area contributed by atoms with Gasteiger partial charge in [-0.1, -0.05) is 24.3 Å². The molecule has 3 rings (SSSR count). The third-order valence-electron chi connectivity index (χ3n) is 4.24. The molecule has 0 atom stereocenters. The fraction of sp³-hybridized carbons (Fsp3) is 0.238. The molecular formula is C21H20F2N2O4S. The Hall–Kier alpha value is -3.20. The number of aryl methyl sites for hydroxylation is 1. The fourth-order valence-corrected chi connectivity index (χ4v) is 3.64. The van der Waals surface area contributed by atoms with Crippen molar-refractivity contribution in [1.82, 2.24) is 4.98 Å². The van der Waals surface area contributed by atoms with Gasteiger partial charge in [0, 0.05) is 17.4 Å². The number of amides is 1. The van der Waals surface area contributed by atoms with E-state index in [0.717, 1.165) is 5.56 Å². The van der Waals surface area contributed by atoms with E-state index in [1.165, 1.54) is 17.4 Å². The van der Waals surface area contributed by atoms with Crippen molar-refractivity contribution in [3.63, 3.8) is 0 Å². The number of ether oxygens (including phenoxy) is 3. The quantitative estimate of drug-likeness (QED) is 0.513. The number of hydrogen-bond donors (Lipinski definition) is 1. The minimum Gasteiger partial charge on any atom is -0.493 e. The van der Waals surface area contributed by atoms with Crippen LogP contribution in [0.3, 0.4) is 0 Å². The number of methoxy groups -OCH3 is 2. The van der Waals surface area contributed by atoms with Crippen LogP contribution in [0, 0.1) is 0 Å². The first-order valence-electron chi connectivity index (χ1n) is 9.01. The Morgan fingerprint density at radius 2 is 1.87 bits per heavy atom. The number of para-hydroxylation sites is 2. The van der Waals surface area contributed by atoms with E-state index in [2.05, 4.69) is 15.0 Å². The molecule has 1 aromatic heterocycles. The average Bonchev–Trinajstić information content (AvgIpc) is 3.19. The number of carbonyl (C=O) groups is 1. The monoisotopic (exact) mass is 434 g/mol. The first-order chi connectivity index (χ1) is 14.5. The number of nitrogens with zero attached hydrogens (tertiary/aromatic N) is 1. The minimum atomic E-state index is -2.93. The van der Waals surface area contributed by atoms with E-state index in [4.69, 9.17) is 9.47 Å². The van der Waals surface area contributed by atoms with Crippen LogP contribution in [0.2, 0.25) is 0 Å². The fourth-order valence-electron chi connectivity index (χ4n) is 2.91. The van der Waals surface area contributed by atoms with Crippen molar-refractivity contribution in [1.29, 1.82) is 0 Å². The molecule has 0 aliphatic carbocycles. The molecule has 6 nitrogen and oxygen atoms in total. The van der Waals surface area contributed by atoms with Gasteiger partial charge in [-0.05, 0) is 30.2 Å². The van der Waals surface area contributed by atoms with Gasteiger partial charge in [0.05, 0.1) is 19.9 Å². The lowest BCUT2D eigenvalue weighted by Crippen LogP contribution is -2.12. The van der Waals surface area contributed by atoms with Gasteiger partial charge in [0.15, 0.2) is 16.6 Å². The number of nitrogens with one attached hydrogen (secondary N) is 1. The second kappa shape index (κ2) is 10.0. The number of rotatable bonds is 9. The van der Waals surface area contributed by atoms with E-state index in [0.29, 0.717) is 34.3 Å². The molecule has 1 heterocycles. The zero-order valence-electron chi connectivity index (χ0n) is 16.4. The topological polar surface area (TPSA) is 69.7 Å². The maximum absolute atomic E-state index is 12.6. The summed E-state index contributed by atoms with van der Waals surface area (Å²) in [6.45, 7) is -2.93. The highest BCUT2D eigenvalue weighted by Gasteiger charge is 2.15. The summed E-state index contributed by atoms with van der Waals surface area (Å²) in [5.74, 6) is 1.00. The molecule has 158 valence electrons. The Morgan fingerprint density at radius 3 is 2.60 bits per heavy atom. The molecule has 0 bridgehead atoms. The Bertz CT molecular complexity index is 1010. The zero-order chi connectivity index (χ0) is 21.5. The SMILES string of the molecule is COc1cccc(CCC(=O)Nc2nc(-c3ccccc3OC(F)F)cs2)c1OC. The molecule has 0 spiro atoms. The van der Waals surface area contributed by atoms with E-state index < -0.39 is 6.61 Å². The summed E-state index contributed by atoms with van der Waals surface area (Å²) in [5, 5.41) is 4.79. The Morgan fingerprint density at radius 1 is 1.10 bits per heavy atom. The second-order valence-electron chi connectivity index (χ2n) is 6.11. The summed E-state index contributed by atoms with van der Waals surface area (Å²) in [7, 11) is 3.10. The van der Waals surface area contributed by atoms with E-state index in [1.54, 1.807) is 43.9 Å². The first-order valence-corrected chi connectivity index (χ1v) is 9.89. The van der Waals surface area contributed by atoms with Gasteiger partial charge in [0.1, 0.15) is 5.75 Å². The minimum absolute atomic E-state index is 0.0285. The molecule has 9 heteroatoms. The van der Waals surface area contributed by atoms with Gasteiger partial charge in [0.25, 0.3) is 0 Å². The Kier molecular flexibility index (Phi) is 7.18. The van der Waals surface area contributed by atoms with Crippen molar-refractivity contribution in [3.05, 3.63) is 53.4 Å². The predicted molar refractivity (Wildman–Crippen MR) is 111 cm³/mol. The van der Waals surface area contributed by atoms with Crippen molar-refractivity contribution in [3.8, 4) is 28.5 Å². The molecule has 0 saturated heterocycles. The normalized spacial score (nSPS) is 10.7. The summed E-state index contributed by atoms with van der Waals surface area (Å²) >= 11 is 1.20. The molecule has 0 aliphatic heterocycles. The standard InChI is InChI=1S/C21H20F2N2O4S/c1-27-17-9-5-6-13(19(17)28-2)10-11-18(26)25-21-24-15(12-30-21)14-7-3-4-8-16(14)29-20(22)23/h3-9,12,20H,10-11H2,1-2H3,(H,24,25,26). The van der Waals surface area contributed by atoms with E-state index in [1.807, 2.05) is 12.1 Å². The van der Waals surface area contributed by atoms with Crippen molar-refractivity contribution in [2.24, 2.45) is 0 Å². The van der Waals surface area contributed by atoms with Crippen LogP contribution in [0.15, 0.2) is 47.8 Å². The summed E-state index contributed by atoms with van der Waals surface area (Å²) in [6, 6.07) is 11.9. The molecule has 0 saturated carbocycles. The van der Waals surface area contributed by atoms with Crippen molar-refractivity contribution in [2.45, 2.75) is 19.5 Å². The van der Waals surface area contributed by atoms with Crippen LogP contribution >= 0.6 is 11.3 Å². The van der Waals surface area contributed by atoms with Gasteiger partial charge in [0.2, 0.25) is 5.91 Å². The van der Waals surface area contributed by atoms with Crippen molar-refractivity contribution < 1.29 is 27.8 Å².